The van der Waals surface area contributed by atoms with Crippen molar-refractivity contribution in [2.24, 2.45) is 5.90 Å². The summed E-state index contributed by atoms with van der Waals surface area (Å²) in [5.41, 5.74) is 0.979. The summed E-state index contributed by atoms with van der Waals surface area (Å²) in [6.07, 6.45) is 0.697. The predicted octanol–water partition coefficient (Wildman–Crippen LogP) is 1.92. The minimum atomic E-state index is 0.0450. The van der Waals surface area contributed by atoms with Gasteiger partial charge in [0.05, 0.1) is 26.9 Å². The molecule has 0 saturated carbocycles. The van der Waals surface area contributed by atoms with Crippen molar-refractivity contribution >= 4 is 0 Å². The fourth-order valence-corrected chi connectivity index (χ4v) is 1.67. The van der Waals surface area contributed by atoms with Gasteiger partial charge >= 0.3 is 0 Å². The molecule has 1 rings (SSSR count). The largest absolute Gasteiger partial charge is 0.493 e. The lowest BCUT2D eigenvalue weighted by atomic mass is 10.1. The molecule has 0 bridgehead atoms. The van der Waals surface area contributed by atoms with Crippen molar-refractivity contribution in [1.29, 1.82) is 0 Å². The summed E-state index contributed by atoms with van der Waals surface area (Å²) in [5, 5.41) is 0. The molecular formula is C13H21NO4. The van der Waals surface area contributed by atoms with Crippen LogP contribution in [-0.4, -0.2) is 26.9 Å². The van der Waals surface area contributed by atoms with E-state index in [0.29, 0.717) is 30.3 Å². The lowest BCUT2D eigenvalue weighted by molar-refractivity contribution is 0.139. The molecule has 0 aromatic heterocycles. The lowest BCUT2D eigenvalue weighted by Crippen LogP contribution is -2.11. The predicted molar refractivity (Wildman–Crippen MR) is 69.2 cm³/mol. The molecule has 0 heterocycles. The number of nitrogens with two attached hydrogens (primary N) is 1. The van der Waals surface area contributed by atoms with Crippen molar-refractivity contribution in [3.63, 3.8) is 0 Å². The standard InChI is InChI=1S/C13H21NO4/c1-9(2)18-12-10(7-8-17-14)5-6-11(15-3)13(12)16-4/h5-6,9H,7-8,14H2,1-4H3. The summed E-state index contributed by atoms with van der Waals surface area (Å²) in [7, 11) is 3.19. The third-order valence-corrected chi connectivity index (χ3v) is 2.42. The van der Waals surface area contributed by atoms with E-state index in [1.54, 1.807) is 14.2 Å². The van der Waals surface area contributed by atoms with E-state index in [1.165, 1.54) is 0 Å². The van der Waals surface area contributed by atoms with Crippen LogP contribution in [0.25, 0.3) is 0 Å². The first-order chi connectivity index (χ1) is 8.63. The Hall–Kier alpha value is -1.46. The molecule has 0 unspecified atom stereocenters. The number of rotatable bonds is 7. The maximum Gasteiger partial charge on any atom is 0.203 e. The van der Waals surface area contributed by atoms with Gasteiger partial charge in [0.1, 0.15) is 0 Å². The van der Waals surface area contributed by atoms with Gasteiger partial charge in [0.2, 0.25) is 5.75 Å². The van der Waals surface area contributed by atoms with Gasteiger partial charge in [-0.15, -0.1) is 0 Å². The van der Waals surface area contributed by atoms with E-state index in [9.17, 15) is 0 Å². The minimum Gasteiger partial charge on any atom is -0.493 e. The molecular weight excluding hydrogens is 234 g/mol. The number of methoxy groups -OCH3 is 2. The van der Waals surface area contributed by atoms with Gasteiger partial charge in [0.15, 0.2) is 11.5 Å². The lowest BCUT2D eigenvalue weighted by Gasteiger charge is -2.19. The van der Waals surface area contributed by atoms with Gasteiger partial charge in [0, 0.05) is 12.0 Å². The topological polar surface area (TPSA) is 62.9 Å². The molecule has 0 aliphatic rings. The maximum absolute atomic E-state index is 5.81. The molecule has 0 fully saturated rings. The van der Waals surface area contributed by atoms with Gasteiger partial charge in [-0.3, -0.25) is 0 Å². The molecule has 0 atom stereocenters. The van der Waals surface area contributed by atoms with Crippen LogP contribution in [0.15, 0.2) is 12.1 Å². The van der Waals surface area contributed by atoms with Crippen molar-refractivity contribution in [2.45, 2.75) is 26.4 Å². The molecule has 1 aromatic carbocycles. The summed E-state index contributed by atoms with van der Waals surface area (Å²) in [4.78, 5) is 4.61. The Morgan fingerprint density at radius 1 is 1.11 bits per heavy atom. The van der Waals surface area contributed by atoms with E-state index < -0.39 is 0 Å². The van der Waals surface area contributed by atoms with Gasteiger partial charge in [0.25, 0.3) is 0 Å². The third-order valence-electron chi connectivity index (χ3n) is 2.42. The third kappa shape index (κ3) is 3.51. The van der Waals surface area contributed by atoms with E-state index in [1.807, 2.05) is 26.0 Å². The molecule has 0 aliphatic heterocycles. The number of hydrogen-bond acceptors (Lipinski definition) is 5. The van der Waals surface area contributed by atoms with E-state index in [4.69, 9.17) is 20.1 Å². The second-order valence-electron chi connectivity index (χ2n) is 4.08. The highest BCUT2D eigenvalue weighted by atomic mass is 16.6. The molecule has 5 nitrogen and oxygen atoms in total. The normalized spacial score (nSPS) is 10.6. The SMILES string of the molecule is COc1ccc(CCON)c(OC(C)C)c1OC. The minimum absolute atomic E-state index is 0.0450. The summed E-state index contributed by atoms with van der Waals surface area (Å²) in [6, 6.07) is 3.77. The van der Waals surface area contributed by atoms with E-state index >= 15 is 0 Å². The summed E-state index contributed by atoms with van der Waals surface area (Å²) in [5.74, 6) is 6.98. The summed E-state index contributed by atoms with van der Waals surface area (Å²) >= 11 is 0. The van der Waals surface area contributed by atoms with E-state index in [0.717, 1.165) is 5.56 Å². The molecule has 0 radical (unpaired) electrons. The molecule has 0 aliphatic carbocycles. The molecule has 1 aromatic rings. The van der Waals surface area contributed by atoms with Crippen molar-refractivity contribution in [1.82, 2.24) is 0 Å². The highest BCUT2D eigenvalue weighted by molar-refractivity contribution is 5.56. The first kappa shape index (κ1) is 14.6. The first-order valence-corrected chi connectivity index (χ1v) is 5.86. The summed E-state index contributed by atoms with van der Waals surface area (Å²) < 4.78 is 16.4. The van der Waals surface area contributed by atoms with Crippen LogP contribution in [0, 0.1) is 0 Å². The second kappa shape index (κ2) is 7.08. The average Bonchev–Trinajstić information content (AvgIpc) is 2.36. The molecule has 0 amide bonds. The van der Waals surface area contributed by atoms with Crippen molar-refractivity contribution in [2.75, 3.05) is 20.8 Å². The van der Waals surface area contributed by atoms with Crippen LogP contribution in [0.3, 0.4) is 0 Å². The Morgan fingerprint density at radius 3 is 2.33 bits per heavy atom. The molecule has 0 saturated heterocycles. The Morgan fingerprint density at radius 2 is 1.83 bits per heavy atom. The fraction of sp³-hybridized carbons (Fsp3) is 0.538. The monoisotopic (exact) mass is 255 g/mol. The van der Waals surface area contributed by atoms with Gasteiger partial charge in [-0.2, -0.15) is 0 Å². The van der Waals surface area contributed by atoms with E-state index in [2.05, 4.69) is 4.84 Å². The van der Waals surface area contributed by atoms with Crippen LogP contribution in [0.5, 0.6) is 17.2 Å². The number of hydrogen-bond donors (Lipinski definition) is 1. The Labute approximate surface area is 108 Å². The highest BCUT2D eigenvalue weighted by Gasteiger charge is 2.17. The van der Waals surface area contributed by atoms with Crippen LogP contribution in [0.4, 0.5) is 0 Å². The molecule has 5 heteroatoms. The van der Waals surface area contributed by atoms with Crippen molar-refractivity contribution in [3.05, 3.63) is 17.7 Å². The first-order valence-electron chi connectivity index (χ1n) is 5.86. The zero-order chi connectivity index (χ0) is 13.5. The Kier molecular flexibility index (Phi) is 5.74. The summed E-state index contributed by atoms with van der Waals surface area (Å²) in [6.45, 7) is 4.34. The number of ether oxygens (including phenoxy) is 3. The average molecular weight is 255 g/mol. The van der Waals surface area contributed by atoms with Gasteiger partial charge in [-0.25, -0.2) is 5.90 Å². The van der Waals surface area contributed by atoms with Crippen LogP contribution in [-0.2, 0) is 11.3 Å². The van der Waals surface area contributed by atoms with Crippen LogP contribution < -0.4 is 20.1 Å². The van der Waals surface area contributed by atoms with Crippen LogP contribution in [0.2, 0.25) is 0 Å². The molecule has 18 heavy (non-hydrogen) atoms. The van der Waals surface area contributed by atoms with Gasteiger partial charge in [-0.1, -0.05) is 6.07 Å². The van der Waals surface area contributed by atoms with Crippen molar-refractivity contribution in [3.8, 4) is 17.2 Å². The van der Waals surface area contributed by atoms with Gasteiger partial charge < -0.3 is 19.0 Å². The highest BCUT2D eigenvalue weighted by Crippen LogP contribution is 2.40. The number of benzene rings is 1. The zero-order valence-electron chi connectivity index (χ0n) is 11.4. The zero-order valence-corrected chi connectivity index (χ0v) is 11.4. The smallest absolute Gasteiger partial charge is 0.203 e. The second-order valence-corrected chi connectivity index (χ2v) is 4.08. The maximum atomic E-state index is 5.81. The Balaban J connectivity index is 3.16. The van der Waals surface area contributed by atoms with Crippen LogP contribution >= 0.6 is 0 Å². The molecule has 102 valence electrons. The van der Waals surface area contributed by atoms with Crippen molar-refractivity contribution < 1.29 is 19.0 Å². The van der Waals surface area contributed by atoms with Gasteiger partial charge in [-0.05, 0) is 19.9 Å². The molecule has 2 N–H and O–H groups in total. The quantitative estimate of drug-likeness (QED) is 0.754. The molecule has 0 spiro atoms. The van der Waals surface area contributed by atoms with E-state index in [-0.39, 0.29) is 6.10 Å². The van der Waals surface area contributed by atoms with Crippen LogP contribution in [0.1, 0.15) is 19.4 Å². The Bertz CT molecular complexity index is 379. The fourth-order valence-electron chi connectivity index (χ4n) is 1.67.